The molecule has 2 heterocycles. The molecule has 1 saturated heterocycles. The van der Waals surface area contributed by atoms with Gasteiger partial charge in [0.1, 0.15) is 0 Å². The molecule has 0 aromatic carbocycles. The lowest BCUT2D eigenvalue weighted by Crippen LogP contribution is -2.49. The molecule has 1 N–H and O–H groups in total. The summed E-state index contributed by atoms with van der Waals surface area (Å²) in [5, 5.41) is 9.24. The molecule has 1 aromatic rings. The highest BCUT2D eigenvalue weighted by atomic mass is 32.2. The van der Waals surface area contributed by atoms with Crippen LogP contribution in [0.4, 0.5) is 0 Å². The van der Waals surface area contributed by atoms with E-state index >= 15 is 0 Å². The number of piperidine rings is 1. The van der Waals surface area contributed by atoms with Crippen LogP contribution >= 0.6 is 11.3 Å². The summed E-state index contributed by atoms with van der Waals surface area (Å²) in [5.41, 5.74) is 0. The lowest BCUT2D eigenvalue weighted by Gasteiger charge is -2.43. The molecule has 1 aliphatic heterocycles. The molecule has 1 aromatic heterocycles. The average molecular weight is 329 g/mol. The Labute approximate surface area is 130 Å². The molecule has 2 fully saturated rings. The van der Waals surface area contributed by atoms with Crippen LogP contribution in [0.2, 0.25) is 0 Å². The van der Waals surface area contributed by atoms with Crippen molar-refractivity contribution < 1.29 is 13.5 Å². The second-order valence-electron chi connectivity index (χ2n) is 6.16. The van der Waals surface area contributed by atoms with Crippen LogP contribution in [0.5, 0.6) is 0 Å². The van der Waals surface area contributed by atoms with Crippen LogP contribution in [0, 0.1) is 12.8 Å². The van der Waals surface area contributed by atoms with E-state index in [9.17, 15) is 13.5 Å². The fourth-order valence-corrected chi connectivity index (χ4v) is 7.08. The Morgan fingerprint density at radius 1 is 1.29 bits per heavy atom. The summed E-state index contributed by atoms with van der Waals surface area (Å²) in [4.78, 5) is 1.92. The summed E-state index contributed by atoms with van der Waals surface area (Å²) < 4.78 is 27.8. The SMILES string of the molecule is Cc1sc(CO)cc1S(=O)(=O)N1CCC[C@H]2CCCC[C@H]21. The molecule has 3 rings (SSSR count). The maximum Gasteiger partial charge on any atom is 0.244 e. The van der Waals surface area contributed by atoms with Gasteiger partial charge in [-0.2, -0.15) is 4.31 Å². The zero-order chi connectivity index (χ0) is 15.0. The van der Waals surface area contributed by atoms with Crippen LogP contribution in [0.1, 0.15) is 48.3 Å². The van der Waals surface area contributed by atoms with Gasteiger partial charge in [0.25, 0.3) is 0 Å². The van der Waals surface area contributed by atoms with Crippen LogP contribution in [-0.4, -0.2) is 30.4 Å². The minimum absolute atomic E-state index is 0.0902. The number of fused-ring (bicyclic) bond motifs is 1. The van der Waals surface area contributed by atoms with Crippen LogP contribution in [0.3, 0.4) is 0 Å². The Balaban J connectivity index is 1.94. The number of thiophene rings is 1. The van der Waals surface area contributed by atoms with Gasteiger partial charge in [0.05, 0.1) is 11.5 Å². The quantitative estimate of drug-likeness (QED) is 0.927. The minimum Gasteiger partial charge on any atom is -0.391 e. The van der Waals surface area contributed by atoms with E-state index in [0.29, 0.717) is 17.4 Å². The van der Waals surface area contributed by atoms with Crippen molar-refractivity contribution in [3.63, 3.8) is 0 Å². The van der Waals surface area contributed by atoms with Gasteiger partial charge < -0.3 is 5.11 Å². The molecule has 2 atom stereocenters. The molecule has 21 heavy (non-hydrogen) atoms. The molecule has 118 valence electrons. The zero-order valence-corrected chi connectivity index (χ0v) is 14.0. The molecule has 1 saturated carbocycles. The number of aliphatic hydroxyl groups is 1. The van der Waals surface area contributed by atoms with Crippen LogP contribution in [0.15, 0.2) is 11.0 Å². The van der Waals surface area contributed by atoms with Gasteiger partial charge in [-0.1, -0.05) is 12.8 Å². The summed E-state index contributed by atoms with van der Waals surface area (Å²) in [6, 6.07) is 1.84. The lowest BCUT2D eigenvalue weighted by molar-refractivity contribution is 0.129. The molecule has 4 nitrogen and oxygen atoms in total. The topological polar surface area (TPSA) is 57.6 Å². The molecular formula is C15H23NO3S2. The van der Waals surface area contributed by atoms with Crippen molar-refractivity contribution in [1.82, 2.24) is 4.31 Å². The lowest BCUT2D eigenvalue weighted by atomic mass is 9.79. The van der Waals surface area contributed by atoms with E-state index in [-0.39, 0.29) is 12.6 Å². The van der Waals surface area contributed by atoms with Crippen LogP contribution in [0.25, 0.3) is 0 Å². The van der Waals surface area contributed by atoms with Crippen molar-refractivity contribution in [3.05, 3.63) is 15.8 Å². The zero-order valence-electron chi connectivity index (χ0n) is 12.4. The third kappa shape index (κ3) is 2.79. The number of sulfonamides is 1. The van der Waals surface area contributed by atoms with E-state index in [1.165, 1.54) is 30.6 Å². The first-order valence-electron chi connectivity index (χ1n) is 7.76. The van der Waals surface area contributed by atoms with Gasteiger partial charge >= 0.3 is 0 Å². The number of hydrogen-bond acceptors (Lipinski definition) is 4. The number of hydrogen-bond donors (Lipinski definition) is 1. The first-order chi connectivity index (χ1) is 10.0. The molecule has 0 amide bonds. The second kappa shape index (κ2) is 5.99. The largest absolute Gasteiger partial charge is 0.391 e. The second-order valence-corrected chi connectivity index (χ2v) is 9.36. The Morgan fingerprint density at radius 3 is 2.71 bits per heavy atom. The van der Waals surface area contributed by atoms with Crippen molar-refractivity contribution >= 4 is 21.4 Å². The predicted molar refractivity (Wildman–Crippen MR) is 83.9 cm³/mol. The maximum atomic E-state index is 13.0. The fourth-order valence-electron chi connectivity index (χ4n) is 3.86. The summed E-state index contributed by atoms with van der Waals surface area (Å²) in [6.45, 7) is 2.39. The van der Waals surface area contributed by atoms with Crippen LogP contribution in [-0.2, 0) is 16.6 Å². The van der Waals surface area contributed by atoms with E-state index in [0.717, 1.165) is 29.0 Å². The Hall–Kier alpha value is -0.430. The highest BCUT2D eigenvalue weighted by molar-refractivity contribution is 7.89. The smallest absolute Gasteiger partial charge is 0.244 e. The Bertz CT molecular complexity index is 606. The van der Waals surface area contributed by atoms with Crippen molar-refractivity contribution in [2.75, 3.05) is 6.54 Å². The maximum absolute atomic E-state index is 13.0. The number of aliphatic hydroxyl groups excluding tert-OH is 1. The van der Waals surface area contributed by atoms with Crippen molar-refractivity contribution in [1.29, 1.82) is 0 Å². The summed E-state index contributed by atoms with van der Waals surface area (Å²) in [7, 11) is -3.42. The third-order valence-electron chi connectivity index (χ3n) is 4.86. The molecule has 2 aliphatic rings. The monoisotopic (exact) mass is 329 g/mol. The number of nitrogens with zero attached hydrogens (tertiary/aromatic N) is 1. The average Bonchev–Trinajstić information content (AvgIpc) is 2.88. The minimum atomic E-state index is -3.42. The molecule has 0 spiro atoms. The molecule has 0 radical (unpaired) electrons. The van der Waals surface area contributed by atoms with E-state index in [4.69, 9.17) is 0 Å². The van der Waals surface area contributed by atoms with Crippen molar-refractivity contribution in [2.45, 2.75) is 63.0 Å². The molecular weight excluding hydrogens is 306 g/mol. The number of aryl methyl sites for hydroxylation is 1. The fraction of sp³-hybridized carbons (Fsp3) is 0.733. The summed E-state index contributed by atoms with van der Waals surface area (Å²) >= 11 is 1.38. The van der Waals surface area contributed by atoms with E-state index in [1.807, 2.05) is 6.92 Å². The van der Waals surface area contributed by atoms with E-state index in [1.54, 1.807) is 10.4 Å². The highest BCUT2D eigenvalue weighted by Crippen LogP contribution is 2.39. The first kappa shape index (κ1) is 15.5. The van der Waals surface area contributed by atoms with Gasteiger partial charge in [-0.05, 0) is 44.6 Å². The van der Waals surface area contributed by atoms with Gasteiger partial charge in [0, 0.05) is 22.3 Å². The van der Waals surface area contributed by atoms with Gasteiger partial charge in [-0.25, -0.2) is 8.42 Å². The van der Waals surface area contributed by atoms with E-state index < -0.39 is 10.0 Å². The first-order valence-corrected chi connectivity index (χ1v) is 10.0. The summed E-state index contributed by atoms with van der Waals surface area (Å²) in [6.07, 6.45) is 6.68. The Morgan fingerprint density at radius 2 is 2.00 bits per heavy atom. The third-order valence-corrected chi connectivity index (χ3v) is 8.07. The van der Waals surface area contributed by atoms with Crippen molar-refractivity contribution in [2.24, 2.45) is 5.92 Å². The van der Waals surface area contributed by atoms with Gasteiger partial charge in [0.15, 0.2) is 0 Å². The highest BCUT2D eigenvalue weighted by Gasteiger charge is 2.40. The van der Waals surface area contributed by atoms with Crippen LogP contribution < -0.4 is 0 Å². The van der Waals surface area contributed by atoms with Gasteiger partial charge in [0.2, 0.25) is 10.0 Å². The normalized spacial score (nSPS) is 27.5. The standard InChI is InChI=1S/C15H23NO3S2/c1-11-15(9-13(10-17)20-11)21(18,19)16-8-4-6-12-5-2-3-7-14(12)16/h9,12,14,17H,2-8,10H2,1H3/t12-,14-/m1/s1. The molecule has 1 aliphatic carbocycles. The molecule has 6 heteroatoms. The van der Waals surface area contributed by atoms with Gasteiger partial charge in [-0.15, -0.1) is 11.3 Å². The Kier molecular flexibility index (Phi) is 4.41. The summed E-state index contributed by atoms with van der Waals surface area (Å²) in [5.74, 6) is 0.540. The van der Waals surface area contributed by atoms with E-state index in [2.05, 4.69) is 0 Å². The predicted octanol–water partition coefficient (Wildman–Crippen LogP) is 2.89. The van der Waals surface area contributed by atoms with Gasteiger partial charge in [-0.3, -0.25) is 0 Å². The molecule has 0 bridgehead atoms. The van der Waals surface area contributed by atoms with Crippen molar-refractivity contribution in [3.8, 4) is 0 Å². The molecule has 0 unspecified atom stereocenters. The number of rotatable bonds is 3.